The van der Waals surface area contributed by atoms with Crippen LogP contribution in [0.25, 0.3) is 0 Å². The van der Waals surface area contributed by atoms with E-state index < -0.39 is 0 Å². The molecule has 3 aromatic rings. The van der Waals surface area contributed by atoms with E-state index in [0.717, 1.165) is 33.9 Å². The zero-order valence-corrected chi connectivity index (χ0v) is 18.2. The maximum absolute atomic E-state index is 12.1. The number of nitrogens with zero attached hydrogens (tertiary/aromatic N) is 2. The number of ether oxygens (including phenoxy) is 1. The zero-order valence-electron chi connectivity index (χ0n) is 18.2. The number of methoxy groups -OCH3 is 1. The fraction of sp³-hybridized carbons (Fsp3) is 0.261. The van der Waals surface area contributed by atoms with Gasteiger partial charge in [0.1, 0.15) is 11.6 Å². The Morgan fingerprint density at radius 2 is 1.61 bits per heavy atom. The number of nitrogens with one attached hydrogen (secondary N) is 4. The molecule has 0 aliphatic heterocycles. The van der Waals surface area contributed by atoms with Crippen molar-refractivity contribution in [1.82, 2.24) is 15.3 Å². The Balaban J connectivity index is 1.49. The topological polar surface area (TPSA) is 100 Å². The SMILES string of the molecule is COc1ccc(Nc2cc(C)nc(NCCNC(=O)Nc3cc(C)cc(C)c3)n2)cc1. The van der Waals surface area contributed by atoms with Crippen LogP contribution in [0.3, 0.4) is 0 Å². The van der Waals surface area contributed by atoms with Crippen molar-refractivity contribution < 1.29 is 9.53 Å². The highest BCUT2D eigenvalue weighted by molar-refractivity contribution is 5.89. The fourth-order valence-corrected chi connectivity index (χ4v) is 3.11. The minimum Gasteiger partial charge on any atom is -0.497 e. The second-order valence-electron chi connectivity index (χ2n) is 7.26. The Bertz CT molecular complexity index is 1020. The summed E-state index contributed by atoms with van der Waals surface area (Å²) in [7, 11) is 1.64. The predicted molar refractivity (Wildman–Crippen MR) is 124 cm³/mol. The van der Waals surface area contributed by atoms with Gasteiger partial charge in [-0.1, -0.05) is 6.07 Å². The first-order valence-electron chi connectivity index (χ1n) is 10.0. The lowest BCUT2D eigenvalue weighted by Crippen LogP contribution is -2.32. The van der Waals surface area contributed by atoms with Gasteiger partial charge in [0, 0.05) is 36.2 Å². The quantitative estimate of drug-likeness (QED) is 0.403. The van der Waals surface area contributed by atoms with Crippen molar-refractivity contribution in [3.05, 3.63) is 65.4 Å². The molecule has 1 aromatic heterocycles. The van der Waals surface area contributed by atoms with Crippen molar-refractivity contribution in [3.8, 4) is 5.75 Å². The number of hydrogen-bond acceptors (Lipinski definition) is 6. The maximum Gasteiger partial charge on any atom is 0.319 e. The molecule has 2 amide bonds. The number of urea groups is 1. The molecule has 0 fully saturated rings. The Morgan fingerprint density at radius 1 is 0.903 bits per heavy atom. The summed E-state index contributed by atoms with van der Waals surface area (Å²) in [5.74, 6) is 1.97. The molecule has 162 valence electrons. The minimum absolute atomic E-state index is 0.251. The van der Waals surface area contributed by atoms with Crippen molar-refractivity contribution in [2.24, 2.45) is 0 Å². The van der Waals surface area contributed by atoms with Crippen molar-refractivity contribution in [2.45, 2.75) is 20.8 Å². The van der Waals surface area contributed by atoms with Crippen LogP contribution in [0, 0.1) is 20.8 Å². The van der Waals surface area contributed by atoms with Crippen LogP contribution in [0.15, 0.2) is 48.5 Å². The van der Waals surface area contributed by atoms with E-state index in [-0.39, 0.29) is 6.03 Å². The standard InChI is InChI=1S/C23H28N6O2/c1-15-11-16(2)13-19(12-15)28-23(30)25-10-9-24-22-26-17(3)14-21(29-22)27-18-5-7-20(31-4)8-6-18/h5-8,11-14H,9-10H2,1-4H3,(H2,25,28,30)(H2,24,26,27,29). The number of anilines is 4. The van der Waals surface area contributed by atoms with E-state index in [1.807, 2.05) is 63.2 Å². The molecule has 31 heavy (non-hydrogen) atoms. The van der Waals surface area contributed by atoms with Gasteiger partial charge < -0.3 is 26.0 Å². The number of rotatable bonds is 8. The molecule has 0 saturated heterocycles. The van der Waals surface area contributed by atoms with Crippen molar-refractivity contribution in [1.29, 1.82) is 0 Å². The van der Waals surface area contributed by atoms with Gasteiger partial charge in [-0.2, -0.15) is 4.98 Å². The molecule has 0 bridgehead atoms. The molecule has 2 aromatic carbocycles. The lowest BCUT2D eigenvalue weighted by atomic mass is 10.1. The summed E-state index contributed by atoms with van der Waals surface area (Å²) in [6.45, 7) is 6.82. The van der Waals surface area contributed by atoms with Crippen molar-refractivity contribution in [2.75, 3.05) is 36.1 Å². The summed E-state index contributed by atoms with van der Waals surface area (Å²) in [6, 6.07) is 15.1. The fourth-order valence-electron chi connectivity index (χ4n) is 3.11. The second kappa shape index (κ2) is 10.3. The number of aromatic nitrogens is 2. The summed E-state index contributed by atoms with van der Waals surface area (Å²) in [5, 5.41) is 12.1. The molecule has 0 aliphatic rings. The van der Waals surface area contributed by atoms with E-state index in [0.29, 0.717) is 24.9 Å². The lowest BCUT2D eigenvalue weighted by Gasteiger charge is -2.12. The predicted octanol–water partition coefficient (Wildman–Crippen LogP) is 4.39. The molecule has 0 aliphatic carbocycles. The zero-order chi connectivity index (χ0) is 22.2. The van der Waals surface area contributed by atoms with E-state index in [4.69, 9.17) is 4.74 Å². The summed E-state index contributed by atoms with van der Waals surface area (Å²) >= 11 is 0. The van der Waals surface area contributed by atoms with Crippen LogP contribution in [0.2, 0.25) is 0 Å². The summed E-state index contributed by atoms with van der Waals surface area (Å²) in [4.78, 5) is 21.0. The number of amides is 2. The summed E-state index contributed by atoms with van der Waals surface area (Å²) in [5.41, 5.74) is 4.71. The number of aryl methyl sites for hydroxylation is 3. The molecule has 0 radical (unpaired) electrons. The van der Waals surface area contributed by atoms with Gasteiger partial charge in [-0.3, -0.25) is 0 Å². The van der Waals surface area contributed by atoms with E-state index in [2.05, 4.69) is 37.3 Å². The molecule has 1 heterocycles. The molecule has 8 heteroatoms. The van der Waals surface area contributed by atoms with Crippen LogP contribution < -0.4 is 26.0 Å². The molecule has 4 N–H and O–H groups in total. The Kier molecular flexibility index (Phi) is 7.26. The second-order valence-corrected chi connectivity index (χ2v) is 7.26. The molecule has 8 nitrogen and oxygen atoms in total. The number of carbonyl (C=O) groups excluding carboxylic acids is 1. The molecule has 0 saturated carbocycles. The highest BCUT2D eigenvalue weighted by Crippen LogP contribution is 2.20. The van der Waals surface area contributed by atoms with Gasteiger partial charge >= 0.3 is 6.03 Å². The molecule has 3 rings (SSSR count). The third-order valence-corrected chi connectivity index (χ3v) is 4.39. The first kappa shape index (κ1) is 21.9. The first-order chi connectivity index (χ1) is 14.9. The third kappa shape index (κ3) is 6.88. The summed E-state index contributed by atoms with van der Waals surface area (Å²) < 4.78 is 5.18. The maximum atomic E-state index is 12.1. The number of carbonyl (C=O) groups is 1. The van der Waals surface area contributed by atoms with Gasteiger partial charge in [0.25, 0.3) is 0 Å². The highest BCUT2D eigenvalue weighted by Gasteiger charge is 2.05. The average Bonchev–Trinajstić information content (AvgIpc) is 2.70. The van der Waals surface area contributed by atoms with Crippen LogP contribution in [0.4, 0.5) is 27.9 Å². The average molecular weight is 421 g/mol. The largest absolute Gasteiger partial charge is 0.497 e. The minimum atomic E-state index is -0.251. The van der Waals surface area contributed by atoms with E-state index >= 15 is 0 Å². The van der Waals surface area contributed by atoms with Gasteiger partial charge in [-0.15, -0.1) is 0 Å². The molecule has 0 spiro atoms. The van der Waals surface area contributed by atoms with Gasteiger partial charge in [-0.25, -0.2) is 9.78 Å². The molecule has 0 atom stereocenters. The first-order valence-corrected chi connectivity index (χ1v) is 10.0. The van der Waals surface area contributed by atoms with Crippen LogP contribution in [-0.4, -0.2) is 36.2 Å². The Labute approximate surface area is 182 Å². The van der Waals surface area contributed by atoms with Crippen LogP contribution in [0.5, 0.6) is 5.75 Å². The normalized spacial score (nSPS) is 10.3. The van der Waals surface area contributed by atoms with E-state index in [1.54, 1.807) is 7.11 Å². The smallest absolute Gasteiger partial charge is 0.319 e. The van der Waals surface area contributed by atoms with Gasteiger partial charge in [0.2, 0.25) is 5.95 Å². The molecule has 0 unspecified atom stereocenters. The summed E-state index contributed by atoms with van der Waals surface area (Å²) in [6.07, 6.45) is 0. The lowest BCUT2D eigenvalue weighted by molar-refractivity contribution is 0.252. The molecular formula is C23H28N6O2. The van der Waals surface area contributed by atoms with Crippen LogP contribution >= 0.6 is 0 Å². The van der Waals surface area contributed by atoms with Crippen LogP contribution in [-0.2, 0) is 0 Å². The van der Waals surface area contributed by atoms with E-state index in [1.165, 1.54) is 0 Å². The van der Waals surface area contributed by atoms with Crippen LogP contribution in [0.1, 0.15) is 16.8 Å². The monoisotopic (exact) mass is 420 g/mol. The Morgan fingerprint density at radius 3 is 2.29 bits per heavy atom. The van der Waals surface area contributed by atoms with Gasteiger partial charge in [-0.05, 0) is 68.3 Å². The number of hydrogen-bond donors (Lipinski definition) is 4. The van der Waals surface area contributed by atoms with Crippen molar-refractivity contribution in [3.63, 3.8) is 0 Å². The Hall–Kier alpha value is -3.81. The van der Waals surface area contributed by atoms with Gasteiger partial charge in [0.05, 0.1) is 7.11 Å². The number of benzene rings is 2. The molecular weight excluding hydrogens is 392 g/mol. The third-order valence-electron chi connectivity index (χ3n) is 4.39. The highest BCUT2D eigenvalue weighted by atomic mass is 16.5. The van der Waals surface area contributed by atoms with E-state index in [9.17, 15) is 4.79 Å². The van der Waals surface area contributed by atoms with Gasteiger partial charge in [0.15, 0.2) is 0 Å². The van der Waals surface area contributed by atoms with Crippen molar-refractivity contribution >= 4 is 29.2 Å².